The van der Waals surface area contributed by atoms with Gasteiger partial charge < -0.3 is 15.4 Å². The number of rotatable bonds is 6. The Bertz CT molecular complexity index is 577. The molecule has 8 heteroatoms. The zero-order valence-corrected chi connectivity index (χ0v) is 14.6. The monoisotopic (exact) mass is 358 g/mol. The number of nitrogens with one attached hydrogen (secondary N) is 2. The summed E-state index contributed by atoms with van der Waals surface area (Å²) in [5, 5.41) is 6.29. The van der Waals surface area contributed by atoms with Crippen LogP contribution in [0.25, 0.3) is 0 Å². The van der Waals surface area contributed by atoms with E-state index in [9.17, 15) is 13.2 Å². The number of likely N-dealkylation sites (tertiary alicyclic amines) is 1. The van der Waals surface area contributed by atoms with Crippen molar-refractivity contribution < 1.29 is 17.9 Å². The minimum atomic E-state index is -4.71. The number of alkyl halides is 3. The van der Waals surface area contributed by atoms with Gasteiger partial charge in [-0.05, 0) is 32.0 Å². The second-order valence-corrected chi connectivity index (χ2v) is 5.89. The highest BCUT2D eigenvalue weighted by Crippen LogP contribution is 2.26. The average Bonchev–Trinajstić information content (AvgIpc) is 3.02. The first kappa shape index (κ1) is 19.4. The first-order valence-corrected chi connectivity index (χ1v) is 8.45. The molecule has 0 bridgehead atoms. The van der Waals surface area contributed by atoms with Gasteiger partial charge in [0.15, 0.2) is 5.96 Å². The lowest BCUT2D eigenvalue weighted by Crippen LogP contribution is -2.44. The highest BCUT2D eigenvalue weighted by atomic mass is 19.4. The fourth-order valence-corrected chi connectivity index (χ4v) is 3.03. The predicted molar refractivity (Wildman–Crippen MR) is 91.6 cm³/mol. The first-order chi connectivity index (χ1) is 11.9. The zero-order valence-electron chi connectivity index (χ0n) is 14.6. The van der Waals surface area contributed by atoms with Crippen molar-refractivity contribution in [3.8, 4) is 5.75 Å². The lowest BCUT2D eigenvalue weighted by Gasteiger charge is -2.24. The Morgan fingerprint density at radius 2 is 2.08 bits per heavy atom. The second-order valence-electron chi connectivity index (χ2n) is 5.89. The maximum atomic E-state index is 12.5. The number of hydrogen-bond donors (Lipinski definition) is 2. The number of para-hydroxylation sites is 1. The van der Waals surface area contributed by atoms with E-state index in [2.05, 4.69) is 32.2 Å². The summed E-state index contributed by atoms with van der Waals surface area (Å²) in [4.78, 5) is 6.54. The number of guanidine groups is 1. The van der Waals surface area contributed by atoms with Crippen molar-refractivity contribution in [1.82, 2.24) is 15.5 Å². The van der Waals surface area contributed by atoms with E-state index in [4.69, 9.17) is 0 Å². The lowest BCUT2D eigenvalue weighted by molar-refractivity contribution is -0.274. The van der Waals surface area contributed by atoms with Crippen molar-refractivity contribution in [1.29, 1.82) is 0 Å². The maximum absolute atomic E-state index is 12.5. The van der Waals surface area contributed by atoms with Crippen molar-refractivity contribution >= 4 is 5.96 Å². The quantitative estimate of drug-likeness (QED) is 0.606. The number of nitrogens with zero attached hydrogens (tertiary/aromatic N) is 2. The highest BCUT2D eigenvalue weighted by Gasteiger charge is 2.32. The number of halogens is 3. The molecule has 0 aliphatic carbocycles. The summed E-state index contributed by atoms with van der Waals surface area (Å²) in [6.07, 6.45) is -2.38. The fraction of sp³-hybridized carbons (Fsp3) is 0.588. The van der Waals surface area contributed by atoms with Crippen LogP contribution in [0.2, 0.25) is 0 Å². The van der Waals surface area contributed by atoms with E-state index < -0.39 is 6.36 Å². The normalized spacial score (nSPS) is 19.1. The maximum Gasteiger partial charge on any atom is 0.573 e. The van der Waals surface area contributed by atoms with Crippen LogP contribution < -0.4 is 15.4 Å². The van der Waals surface area contributed by atoms with Crippen LogP contribution in [-0.4, -0.2) is 49.9 Å². The van der Waals surface area contributed by atoms with Crippen molar-refractivity contribution in [3.05, 3.63) is 29.8 Å². The lowest BCUT2D eigenvalue weighted by atomic mass is 10.2. The molecule has 0 radical (unpaired) electrons. The van der Waals surface area contributed by atoms with Gasteiger partial charge in [0.2, 0.25) is 0 Å². The van der Waals surface area contributed by atoms with Crippen molar-refractivity contribution in [2.45, 2.75) is 38.7 Å². The molecule has 1 saturated heterocycles. The van der Waals surface area contributed by atoms with Gasteiger partial charge in [0.1, 0.15) is 5.75 Å². The van der Waals surface area contributed by atoms with Crippen LogP contribution in [0, 0.1) is 0 Å². The molecule has 1 fully saturated rings. The smallest absolute Gasteiger partial charge is 0.405 e. The summed E-state index contributed by atoms with van der Waals surface area (Å²) in [5.41, 5.74) is 0.416. The van der Waals surface area contributed by atoms with Crippen LogP contribution in [0.15, 0.2) is 29.3 Å². The Kier molecular flexibility index (Phi) is 6.92. The minimum absolute atomic E-state index is 0.189. The summed E-state index contributed by atoms with van der Waals surface area (Å²) in [6.45, 7) is 5.21. The summed E-state index contributed by atoms with van der Waals surface area (Å²) in [5.74, 6) is 0.357. The van der Waals surface area contributed by atoms with E-state index in [0.717, 1.165) is 26.1 Å². The van der Waals surface area contributed by atoms with Crippen molar-refractivity contribution in [3.63, 3.8) is 0 Å². The van der Waals surface area contributed by atoms with Gasteiger partial charge in [0, 0.05) is 31.7 Å². The molecule has 5 nitrogen and oxygen atoms in total. The fourth-order valence-electron chi connectivity index (χ4n) is 3.03. The molecule has 1 unspecified atom stereocenters. The molecule has 0 saturated carbocycles. The van der Waals surface area contributed by atoms with E-state index in [0.29, 0.717) is 17.6 Å². The van der Waals surface area contributed by atoms with Crippen molar-refractivity contribution in [2.75, 3.05) is 26.7 Å². The van der Waals surface area contributed by atoms with Crippen LogP contribution in [0.4, 0.5) is 13.2 Å². The molecular formula is C17H25F3N4O. The number of hydrogen-bond acceptors (Lipinski definition) is 3. The van der Waals surface area contributed by atoms with Gasteiger partial charge in [0.05, 0.1) is 0 Å². The molecule has 2 N–H and O–H groups in total. The molecule has 0 amide bonds. The summed E-state index contributed by atoms with van der Waals surface area (Å²) >= 11 is 0. The van der Waals surface area contributed by atoms with Crippen LogP contribution >= 0.6 is 0 Å². The number of ether oxygens (including phenoxy) is 1. The molecule has 25 heavy (non-hydrogen) atoms. The van der Waals surface area contributed by atoms with E-state index in [-0.39, 0.29) is 12.3 Å². The molecule has 1 heterocycles. The summed E-state index contributed by atoms with van der Waals surface area (Å²) in [7, 11) is 1.64. The van der Waals surface area contributed by atoms with Crippen LogP contribution in [0.3, 0.4) is 0 Å². The standard InChI is InChI=1S/C17H25F3N4O/c1-3-24-10-6-8-14(24)12-23-16(21-2)22-11-13-7-4-5-9-15(13)25-17(18,19)20/h4-5,7,9,14H,3,6,8,10-12H2,1-2H3,(H2,21,22,23). The molecule has 1 aliphatic rings. The van der Waals surface area contributed by atoms with Gasteiger partial charge in [-0.1, -0.05) is 25.1 Å². The topological polar surface area (TPSA) is 48.9 Å². The van der Waals surface area contributed by atoms with E-state index in [1.54, 1.807) is 19.2 Å². The molecule has 140 valence electrons. The molecule has 0 spiro atoms. The summed E-state index contributed by atoms with van der Waals surface area (Å²) < 4.78 is 41.5. The molecule has 1 atom stereocenters. The molecule has 0 aromatic heterocycles. The Labute approximate surface area is 146 Å². The Balaban J connectivity index is 1.89. The van der Waals surface area contributed by atoms with Crippen LogP contribution in [0.5, 0.6) is 5.75 Å². The highest BCUT2D eigenvalue weighted by molar-refractivity contribution is 5.79. The van der Waals surface area contributed by atoms with Crippen molar-refractivity contribution in [2.24, 2.45) is 4.99 Å². The Morgan fingerprint density at radius 1 is 1.32 bits per heavy atom. The molecule has 1 aromatic carbocycles. The molecule has 1 aromatic rings. The predicted octanol–water partition coefficient (Wildman–Crippen LogP) is 2.73. The van der Waals surface area contributed by atoms with Gasteiger partial charge in [-0.25, -0.2) is 0 Å². The van der Waals surface area contributed by atoms with Gasteiger partial charge in [-0.3, -0.25) is 9.89 Å². The van der Waals surface area contributed by atoms with Gasteiger partial charge in [-0.15, -0.1) is 13.2 Å². The molecular weight excluding hydrogens is 333 g/mol. The second kappa shape index (κ2) is 8.94. The van der Waals surface area contributed by atoms with E-state index in [1.807, 2.05) is 0 Å². The number of likely N-dealkylation sites (N-methyl/N-ethyl adjacent to an activating group) is 1. The van der Waals surface area contributed by atoms with Crippen LogP contribution in [-0.2, 0) is 6.54 Å². The largest absolute Gasteiger partial charge is 0.573 e. The third-order valence-corrected chi connectivity index (χ3v) is 4.28. The van der Waals surface area contributed by atoms with E-state index >= 15 is 0 Å². The molecule has 1 aliphatic heterocycles. The number of benzene rings is 1. The third kappa shape index (κ3) is 6.12. The Hall–Kier alpha value is -1.96. The van der Waals surface area contributed by atoms with Gasteiger partial charge >= 0.3 is 6.36 Å². The first-order valence-electron chi connectivity index (χ1n) is 8.45. The van der Waals surface area contributed by atoms with Gasteiger partial charge in [-0.2, -0.15) is 0 Å². The average molecular weight is 358 g/mol. The Morgan fingerprint density at radius 3 is 2.76 bits per heavy atom. The third-order valence-electron chi connectivity index (χ3n) is 4.28. The summed E-state index contributed by atoms with van der Waals surface area (Å²) in [6, 6.07) is 6.55. The van der Waals surface area contributed by atoms with E-state index in [1.165, 1.54) is 18.6 Å². The van der Waals surface area contributed by atoms with Crippen LogP contribution in [0.1, 0.15) is 25.3 Å². The SMILES string of the molecule is CCN1CCCC1CNC(=NC)NCc1ccccc1OC(F)(F)F. The minimum Gasteiger partial charge on any atom is -0.405 e. The van der Waals surface area contributed by atoms with Gasteiger partial charge in [0.25, 0.3) is 0 Å². The number of aliphatic imine (C=N–C) groups is 1. The molecule has 2 rings (SSSR count). The zero-order chi connectivity index (χ0) is 18.3.